The normalized spacial score (nSPS) is 17.0. The van der Waals surface area contributed by atoms with Crippen molar-refractivity contribution < 1.29 is 37.3 Å². The molecular formula is C32H39F3N4O5. The van der Waals surface area contributed by atoms with E-state index in [0.717, 1.165) is 37.0 Å². The molecule has 2 aliphatic rings. The third-order valence-corrected chi connectivity index (χ3v) is 8.56. The van der Waals surface area contributed by atoms with Gasteiger partial charge in [0.25, 0.3) is 0 Å². The minimum atomic E-state index is -4.60. The number of benzene rings is 1. The number of rotatable bonds is 12. The number of hydrogen-bond acceptors (Lipinski definition) is 7. The first-order chi connectivity index (χ1) is 21.1. The number of aromatic nitrogens is 3. The van der Waals surface area contributed by atoms with Crippen LogP contribution in [0.15, 0.2) is 36.4 Å². The Bertz CT molecular complexity index is 1450. The molecule has 2 aromatic heterocycles. The molecule has 2 N–H and O–H groups in total. The molecule has 1 unspecified atom stereocenters. The Hall–Kier alpha value is -3.64. The predicted molar refractivity (Wildman–Crippen MR) is 157 cm³/mol. The van der Waals surface area contributed by atoms with Crippen LogP contribution in [-0.2, 0) is 52.2 Å². The molecule has 1 saturated heterocycles. The molecule has 44 heavy (non-hydrogen) atoms. The van der Waals surface area contributed by atoms with Crippen molar-refractivity contribution in [3.05, 3.63) is 70.0 Å². The van der Waals surface area contributed by atoms with E-state index >= 15 is 0 Å². The van der Waals surface area contributed by atoms with Gasteiger partial charge in [-0.05, 0) is 72.9 Å². The molecule has 4 heterocycles. The van der Waals surface area contributed by atoms with E-state index in [1.165, 1.54) is 18.7 Å². The van der Waals surface area contributed by atoms with Gasteiger partial charge < -0.3 is 24.6 Å². The van der Waals surface area contributed by atoms with Crippen molar-refractivity contribution in [2.45, 2.75) is 62.5 Å². The standard InChI is InChI=1S/C32H39F3N4O5/c1-39-28(44-11-7-26-6-5-21-4-3-10-36-30(21)37-26)19-27(38-39)16-23(17-29(40)41)22-14-24(18-25(15-22)32(33,34)35)31(20-42-2)8-12-43-13-9-31/h5-6,14-15,18-19,23H,3-4,7-13,16-17,20H2,1-2H3,(H,36,37)(H,40,41). The van der Waals surface area contributed by atoms with Crippen LogP contribution in [0.2, 0.25) is 0 Å². The van der Waals surface area contributed by atoms with Gasteiger partial charge in [0.1, 0.15) is 5.82 Å². The van der Waals surface area contributed by atoms with E-state index in [9.17, 15) is 23.1 Å². The van der Waals surface area contributed by atoms with Crippen LogP contribution in [0.25, 0.3) is 0 Å². The fourth-order valence-electron chi connectivity index (χ4n) is 6.19. The molecule has 1 fully saturated rings. The Labute approximate surface area is 254 Å². The zero-order valence-electron chi connectivity index (χ0n) is 25.1. The minimum absolute atomic E-state index is 0.128. The number of aliphatic carboxylic acids is 1. The fraction of sp³-hybridized carbons (Fsp3) is 0.531. The topological polar surface area (TPSA) is 108 Å². The Balaban J connectivity index is 1.36. The molecular weight excluding hydrogens is 577 g/mol. The average molecular weight is 617 g/mol. The highest BCUT2D eigenvalue weighted by Gasteiger charge is 2.39. The number of nitrogens with one attached hydrogen (secondary N) is 1. The molecule has 238 valence electrons. The highest BCUT2D eigenvalue weighted by atomic mass is 19.4. The second kappa shape index (κ2) is 13.6. The van der Waals surface area contributed by atoms with Gasteiger partial charge in [-0.15, -0.1) is 0 Å². The van der Waals surface area contributed by atoms with Gasteiger partial charge in [-0.25, -0.2) is 9.67 Å². The Morgan fingerprint density at radius 2 is 1.98 bits per heavy atom. The van der Waals surface area contributed by atoms with Crippen molar-refractivity contribution in [1.82, 2.24) is 14.8 Å². The molecule has 0 aliphatic carbocycles. The number of halogens is 3. The lowest BCUT2D eigenvalue weighted by molar-refractivity contribution is -0.138. The summed E-state index contributed by atoms with van der Waals surface area (Å²) in [5.41, 5.74) is 1.96. The number of aryl methyl sites for hydroxylation is 2. The van der Waals surface area contributed by atoms with E-state index in [0.29, 0.717) is 61.8 Å². The molecule has 0 radical (unpaired) electrons. The lowest BCUT2D eigenvalue weighted by Gasteiger charge is -2.38. The van der Waals surface area contributed by atoms with Gasteiger partial charge in [0.05, 0.1) is 30.9 Å². The summed E-state index contributed by atoms with van der Waals surface area (Å²) in [4.78, 5) is 16.6. The van der Waals surface area contributed by atoms with Crippen LogP contribution >= 0.6 is 0 Å². The Kier molecular flexibility index (Phi) is 9.79. The van der Waals surface area contributed by atoms with E-state index in [1.54, 1.807) is 23.9 Å². The number of carboxylic acids is 1. The number of pyridine rings is 1. The smallest absolute Gasteiger partial charge is 0.416 e. The van der Waals surface area contributed by atoms with Gasteiger partial charge in [-0.2, -0.15) is 18.3 Å². The molecule has 9 nitrogen and oxygen atoms in total. The monoisotopic (exact) mass is 616 g/mol. The van der Waals surface area contributed by atoms with E-state index in [4.69, 9.17) is 19.2 Å². The first-order valence-corrected chi connectivity index (χ1v) is 15.0. The SMILES string of the molecule is COCC1(c2cc(C(CC(=O)O)Cc3cc(OCCc4ccc5c(n4)NCCC5)n(C)n3)cc(C(F)(F)F)c2)CCOCC1. The van der Waals surface area contributed by atoms with Crippen LogP contribution in [0, 0.1) is 0 Å². The molecule has 12 heteroatoms. The first kappa shape index (κ1) is 31.8. The summed E-state index contributed by atoms with van der Waals surface area (Å²) in [5, 5.41) is 17.6. The third-order valence-electron chi connectivity index (χ3n) is 8.56. The molecule has 0 amide bonds. The van der Waals surface area contributed by atoms with Gasteiger partial charge in [0.15, 0.2) is 0 Å². The van der Waals surface area contributed by atoms with Crippen LogP contribution in [0.3, 0.4) is 0 Å². The number of methoxy groups -OCH3 is 1. The van der Waals surface area contributed by atoms with Gasteiger partial charge in [0, 0.05) is 57.5 Å². The number of alkyl halides is 3. The number of nitrogens with zero attached hydrogens (tertiary/aromatic N) is 3. The second-order valence-electron chi connectivity index (χ2n) is 11.7. The molecule has 5 rings (SSSR count). The number of fused-ring (bicyclic) bond motifs is 1. The Morgan fingerprint density at radius 3 is 2.70 bits per heavy atom. The van der Waals surface area contributed by atoms with Crippen molar-refractivity contribution in [2.24, 2.45) is 7.05 Å². The zero-order valence-corrected chi connectivity index (χ0v) is 25.1. The highest BCUT2D eigenvalue weighted by Crippen LogP contribution is 2.41. The molecule has 0 bridgehead atoms. The molecule has 1 atom stereocenters. The maximum Gasteiger partial charge on any atom is 0.416 e. The van der Waals surface area contributed by atoms with Gasteiger partial charge in [-0.1, -0.05) is 12.1 Å². The van der Waals surface area contributed by atoms with Gasteiger partial charge in [-0.3, -0.25) is 4.79 Å². The number of ether oxygens (including phenoxy) is 3. The summed E-state index contributed by atoms with van der Waals surface area (Å²) in [5.74, 6) is -0.450. The van der Waals surface area contributed by atoms with E-state index in [-0.39, 0.29) is 19.4 Å². The fourth-order valence-corrected chi connectivity index (χ4v) is 6.19. The van der Waals surface area contributed by atoms with E-state index in [2.05, 4.69) is 16.5 Å². The molecule has 1 aromatic carbocycles. The quantitative estimate of drug-likeness (QED) is 0.282. The lowest BCUT2D eigenvalue weighted by atomic mass is 9.73. The van der Waals surface area contributed by atoms with Crippen LogP contribution < -0.4 is 10.1 Å². The number of anilines is 1. The van der Waals surface area contributed by atoms with Crippen molar-refractivity contribution in [3.8, 4) is 5.88 Å². The van der Waals surface area contributed by atoms with Crippen LogP contribution in [0.5, 0.6) is 5.88 Å². The van der Waals surface area contributed by atoms with E-state index in [1.807, 2.05) is 6.07 Å². The van der Waals surface area contributed by atoms with Crippen molar-refractivity contribution in [2.75, 3.05) is 45.4 Å². The molecule has 0 spiro atoms. The van der Waals surface area contributed by atoms with E-state index < -0.39 is 29.0 Å². The Morgan fingerprint density at radius 1 is 1.18 bits per heavy atom. The predicted octanol–water partition coefficient (Wildman–Crippen LogP) is 5.31. The maximum absolute atomic E-state index is 14.1. The minimum Gasteiger partial charge on any atom is -0.481 e. The third kappa shape index (κ3) is 7.52. The van der Waals surface area contributed by atoms with Crippen molar-refractivity contribution >= 4 is 11.8 Å². The molecule has 3 aromatic rings. The largest absolute Gasteiger partial charge is 0.481 e. The number of hydrogen-bond donors (Lipinski definition) is 2. The van der Waals surface area contributed by atoms with Gasteiger partial charge in [0.2, 0.25) is 5.88 Å². The van der Waals surface area contributed by atoms with Gasteiger partial charge >= 0.3 is 12.1 Å². The first-order valence-electron chi connectivity index (χ1n) is 15.0. The zero-order chi connectivity index (χ0) is 31.3. The summed E-state index contributed by atoms with van der Waals surface area (Å²) < 4.78 is 60.9. The van der Waals surface area contributed by atoms with Crippen LogP contribution in [0.1, 0.15) is 65.2 Å². The highest BCUT2D eigenvalue weighted by molar-refractivity contribution is 5.68. The maximum atomic E-state index is 14.1. The molecule has 2 aliphatic heterocycles. The lowest BCUT2D eigenvalue weighted by Crippen LogP contribution is -2.38. The van der Waals surface area contributed by atoms with Crippen molar-refractivity contribution in [1.29, 1.82) is 0 Å². The van der Waals surface area contributed by atoms with Crippen molar-refractivity contribution in [3.63, 3.8) is 0 Å². The summed E-state index contributed by atoms with van der Waals surface area (Å²) in [7, 11) is 3.24. The van der Waals surface area contributed by atoms with Crippen LogP contribution in [0.4, 0.5) is 19.0 Å². The second-order valence-corrected chi connectivity index (χ2v) is 11.7. The average Bonchev–Trinajstić information content (AvgIpc) is 3.34. The summed E-state index contributed by atoms with van der Waals surface area (Å²) in [6.45, 7) is 2.31. The summed E-state index contributed by atoms with van der Waals surface area (Å²) >= 11 is 0. The summed E-state index contributed by atoms with van der Waals surface area (Å²) in [6.07, 6.45) is -1.14. The summed E-state index contributed by atoms with van der Waals surface area (Å²) in [6, 6.07) is 9.77. The molecule has 0 saturated carbocycles. The number of carboxylic acid groups (broad SMARTS) is 1. The van der Waals surface area contributed by atoms with Crippen LogP contribution in [-0.4, -0.2) is 65.9 Å². The number of carbonyl (C=O) groups is 1.